The lowest BCUT2D eigenvalue weighted by atomic mass is 9.99. The molecule has 0 saturated carbocycles. The Morgan fingerprint density at radius 2 is 1.93 bits per heavy atom. The fraction of sp³-hybridized carbons (Fsp3) is 0.643. The van der Waals surface area contributed by atoms with E-state index in [9.17, 15) is 0 Å². The topological polar surface area (TPSA) is 12.9 Å². The molecule has 0 spiro atoms. The van der Waals surface area contributed by atoms with Crippen molar-refractivity contribution >= 4 is 0 Å². The van der Waals surface area contributed by atoms with Crippen molar-refractivity contribution in [2.75, 3.05) is 0 Å². The van der Waals surface area contributed by atoms with E-state index in [4.69, 9.17) is 0 Å². The van der Waals surface area contributed by atoms with Crippen LogP contribution in [0.5, 0.6) is 0 Å². The molecule has 0 radical (unpaired) electrons. The molecule has 0 saturated heterocycles. The number of nitrogens with zero attached hydrogens (tertiary/aromatic N) is 1. The number of aromatic nitrogens is 1. The minimum absolute atomic E-state index is 0.618. The van der Waals surface area contributed by atoms with E-state index in [1.807, 2.05) is 12.3 Å². The maximum atomic E-state index is 4.39. The Morgan fingerprint density at radius 3 is 2.60 bits per heavy atom. The predicted octanol–water partition coefficient (Wildman–Crippen LogP) is 4.55. The Hall–Kier alpha value is -0.850. The molecular formula is C14H23N. The summed E-state index contributed by atoms with van der Waals surface area (Å²) in [5, 5.41) is 0. The molecule has 1 heterocycles. The molecule has 1 nitrogen and oxygen atoms in total. The largest absolute Gasteiger partial charge is 0.261 e. The van der Waals surface area contributed by atoms with Gasteiger partial charge >= 0.3 is 0 Å². The molecule has 1 unspecified atom stereocenters. The van der Waals surface area contributed by atoms with Gasteiger partial charge in [0.1, 0.15) is 0 Å². The Balaban J connectivity index is 2.16. The summed E-state index contributed by atoms with van der Waals surface area (Å²) in [6, 6.07) is 6.20. The van der Waals surface area contributed by atoms with Crippen LogP contribution >= 0.6 is 0 Å². The van der Waals surface area contributed by atoms with Crippen LogP contribution in [-0.4, -0.2) is 4.98 Å². The van der Waals surface area contributed by atoms with E-state index in [1.165, 1.54) is 44.2 Å². The summed E-state index contributed by atoms with van der Waals surface area (Å²) in [5.74, 6) is 0.618. The third kappa shape index (κ3) is 4.96. The van der Waals surface area contributed by atoms with Crippen molar-refractivity contribution in [1.29, 1.82) is 0 Å². The van der Waals surface area contributed by atoms with Crippen LogP contribution in [0.25, 0.3) is 0 Å². The van der Waals surface area contributed by atoms with E-state index in [0.29, 0.717) is 5.92 Å². The summed E-state index contributed by atoms with van der Waals surface area (Å²) in [5.41, 5.74) is 1.24. The van der Waals surface area contributed by atoms with Gasteiger partial charge in [-0.3, -0.25) is 4.98 Å². The molecule has 0 amide bonds. The van der Waals surface area contributed by atoms with Gasteiger partial charge in [-0.1, -0.05) is 52.0 Å². The van der Waals surface area contributed by atoms with Gasteiger partial charge in [0.05, 0.1) is 0 Å². The monoisotopic (exact) mass is 205 g/mol. The van der Waals surface area contributed by atoms with Crippen molar-refractivity contribution < 1.29 is 0 Å². The van der Waals surface area contributed by atoms with Gasteiger partial charge in [-0.05, 0) is 24.5 Å². The van der Waals surface area contributed by atoms with Gasteiger partial charge in [0.15, 0.2) is 0 Å². The lowest BCUT2D eigenvalue weighted by Crippen LogP contribution is -1.96. The highest BCUT2D eigenvalue weighted by molar-refractivity contribution is 5.07. The molecule has 1 heteroatoms. The smallest absolute Gasteiger partial charge is 0.0431 e. The van der Waals surface area contributed by atoms with Crippen LogP contribution in [0.15, 0.2) is 24.4 Å². The second-order valence-electron chi connectivity index (χ2n) is 4.36. The van der Waals surface area contributed by atoms with Crippen molar-refractivity contribution in [1.82, 2.24) is 4.98 Å². The molecule has 84 valence electrons. The molecule has 15 heavy (non-hydrogen) atoms. The Bertz CT molecular complexity index is 243. The first-order chi connectivity index (χ1) is 7.34. The van der Waals surface area contributed by atoms with E-state index in [1.54, 1.807) is 0 Å². The SMILES string of the molecule is CCCCCCCC(C)c1ccccn1. The fourth-order valence-corrected chi connectivity index (χ4v) is 1.87. The third-order valence-electron chi connectivity index (χ3n) is 2.93. The highest BCUT2D eigenvalue weighted by Gasteiger charge is 2.05. The molecular weight excluding hydrogens is 182 g/mol. The molecule has 0 aliphatic carbocycles. The minimum Gasteiger partial charge on any atom is -0.261 e. The molecule has 0 aliphatic rings. The van der Waals surface area contributed by atoms with Gasteiger partial charge in [-0.15, -0.1) is 0 Å². The summed E-state index contributed by atoms with van der Waals surface area (Å²) in [6.45, 7) is 4.54. The quantitative estimate of drug-likeness (QED) is 0.595. The van der Waals surface area contributed by atoms with E-state index in [0.717, 1.165) is 0 Å². The van der Waals surface area contributed by atoms with Crippen molar-refractivity contribution in [2.45, 2.75) is 58.3 Å². The molecule has 1 atom stereocenters. The van der Waals surface area contributed by atoms with E-state index in [-0.39, 0.29) is 0 Å². The van der Waals surface area contributed by atoms with Crippen LogP contribution in [0.4, 0.5) is 0 Å². The van der Waals surface area contributed by atoms with Crippen LogP contribution < -0.4 is 0 Å². The van der Waals surface area contributed by atoms with Crippen LogP contribution in [-0.2, 0) is 0 Å². The molecule has 0 aliphatic heterocycles. The number of rotatable bonds is 7. The van der Waals surface area contributed by atoms with Gasteiger partial charge in [-0.25, -0.2) is 0 Å². The number of unbranched alkanes of at least 4 members (excludes halogenated alkanes) is 4. The minimum atomic E-state index is 0.618. The van der Waals surface area contributed by atoms with Crippen LogP contribution in [0.1, 0.15) is 64.0 Å². The first kappa shape index (κ1) is 12.2. The van der Waals surface area contributed by atoms with Gasteiger partial charge in [0.2, 0.25) is 0 Å². The van der Waals surface area contributed by atoms with Crippen molar-refractivity contribution in [3.8, 4) is 0 Å². The first-order valence-corrected chi connectivity index (χ1v) is 6.25. The number of hydrogen-bond acceptors (Lipinski definition) is 1. The molecule has 0 fully saturated rings. The lowest BCUT2D eigenvalue weighted by Gasteiger charge is -2.09. The third-order valence-corrected chi connectivity index (χ3v) is 2.93. The molecule has 0 aromatic carbocycles. The highest BCUT2D eigenvalue weighted by Crippen LogP contribution is 2.19. The molecule has 1 aromatic rings. The van der Waals surface area contributed by atoms with Crippen molar-refractivity contribution in [3.63, 3.8) is 0 Å². The zero-order valence-electron chi connectivity index (χ0n) is 10.1. The first-order valence-electron chi connectivity index (χ1n) is 6.25. The number of hydrogen-bond donors (Lipinski definition) is 0. The normalized spacial score (nSPS) is 12.7. The summed E-state index contributed by atoms with van der Waals surface area (Å²) >= 11 is 0. The van der Waals surface area contributed by atoms with Crippen LogP contribution in [0.3, 0.4) is 0 Å². The van der Waals surface area contributed by atoms with Gasteiger partial charge in [-0.2, -0.15) is 0 Å². The molecule has 0 N–H and O–H groups in total. The predicted molar refractivity (Wildman–Crippen MR) is 66.0 cm³/mol. The summed E-state index contributed by atoms with van der Waals surface area (Å²) < 4.78 is 0. The zero-order valence-corrected chi connectivity index (χ0v) is 10.1. The maximum Gasteiger partial charge on any atom is 0.0431 e. The zero-order chi connectivity index (χ0) is 10.9. The molecule has 0 bridgehead atoms. The maximum absolute atomic E-state index is 4.39. The number of pyridine rings is 1. The summed E-state index contributed by atoms with van der Waals surface area (Å²) in [7, 11) is 0. The van der Waals surface area contributed by atoms with Crippen LogP contribution in [0, 0.1) is 0 Å². The second-order valence-corrected chi connectivity index (χ2v) is 4.36. The second kappa shape index (κ2) is 7.44. The Labute approximate surface area is 93.9 Å². The van der Waals surface area contributed by atoms with Crippen LogP contribution in [0.2, 0.25) is 0 Å². The average Bonchev–Trinajstić information content (AvgIpc) is 2.30. The van der Waals surface area contributed by atoms with E-state index >= 15 is 0 Å². The average molecular weight is 205 g/mol. The van der Waals surface area contributed by atoms with Crippen molar-refractivity contribution in [3.05, 3.63) is 30.1 Å². The van der Waals surface area contributed by atoms with Gasteiger partial charge < -0.3 is 0 Å². The lowest BCUT2D eigenvalue weighted by molar-refractivity contribution is 0.560. The Morgan fingerprint density at radius 1 is 1.13 bits per heavy atom. The van der Waals surface area contributed by atoms with Gasteiger partial charge in [0.25, 0.3) is 0 Å². The fourth-order valence-electron chi connectivity index (χ4n) is 1.87. The Kier molecular flexibility index (Phi) is 6.06. The standard InChI is InChI=1S/C14H23N/c1-3-4-5-6-7-10-13(2)14-11-8-9-12-15-14/h8-9,11-13H,3-7,10H2,1-2H3. The van der Waals surface area contributed by atoms with E-state index < -0.39 is 0 Å². The van der Waals surface area contributed by atoms with E-state index in [2.05, 4.69) is 31.0 Å². The molecule has 1 aromatic heterocycles. The highest BCUT2D eigenvalue weighted by atomic mass is 14.7. The summed E-state index contributed by atoms with van der Waals surface area (Å²) in [4.78, 5) is 4.39. The summed E-state index contributed by atoms with van der Waals surface area (Å²) in [6.07, 6.45) is 10.0. The van der Waals surface area contributed by atoms with Crippen molar-refractivity contribution in [2.24, 2.45) is 0 Å². The van der Waals surface area contributed by atoms with Gasteiger partial charge in [0, 0.05) is 11.9 Å². The molecule has 1 rings (SSSR count).